The highest BCUT2D eigenvalue weighted by Crippen LogP contribution is 2.28. The summed E-state index contributed by atoms with van der Waals surface area (Å²) in [6, 6.07) is 8.08. The fourth-order valence-corrected chi connectivity index (χ4v) is 2.42. The number of amides is 1. The molecule has 1 aromatic carbocycles. The van der Waals surface area contributed by atoms with E-state index in [1.807, 2.05) is 0 Å². The number of ether oxygens (including phenoxy) is 3. The number of methoxy groups -OCH3 is 1. The van der Waals surface area contributed by atoms with Crippen LogP contribution in [0, 0.1) is 0 Å². The monoisotopic (exact) mass is 439 g/mol. The Kier molecular flexibility index (Phi) is 6.60. The van der Waals surface area contributed by atoms with Crippen LogP contribution in [0.4, 0.5) is 13.2 Å². The molecule has 0 radical (unpaired) electrons. The van der Waals surface area contributed by atoms with Gasteiger partial charge in [-0.1, -0.05) is 12.1 Å². The van der Waals surface area contributed by atoms with Gasteiger partial charge in [0.1, 0.15) is 29.8 Å². The predicted octanol–water partition coefficient (Wildman–Crippen LogP) is 2.38. The lowest BCUT2D eigenvalue weighted by Crippen LogP contribution is -2.30. The number of hydroxylamine groups is 1. The van der Waals surface area contributed by atoms with Crippen molar-refractivity contribution < 1.29 is 41.8 Å². The second-order valence-electron chi connectivity index (χ2n) is 6.03. The highest BCUT2D eigenvalue weighted by molar-refractivity contribution is 5.94. The van der Waals surface area contributed by atoms with Gasteiger partial charge in [-0.05, 0) is 29.8 Å². The van der Waals surface area contributed by atoms with Crippen molar-refractivity contribution in [3.8, 4) is 11.5 Å². The van der Waals surface area contributed by atoms with E-state index in [4.69, 9.17) is 9.57 Å². The Morgan fingerprint density at radius 3 is 2.48 bits per heavy atom. The summed E-state index contributed by atoms with van der Waals surface area (Å²) in [5.41, 5.74) is 3.19. The molecule has 1 aliphatic heterocycles. The number of pyridine rings is 1. The normalized spacial score (nSPS) is 15.5. The Morgan fingerprint density at radius 2 is 1.87 bits per heavy atom. The molecule has 9 nitrogen and oxygen atoms in total. The van der Waals surface area contributed by atoms with Crippen molar-refractivity contribution in [3.05, 3.63) is 65.8 Å². The molecule has 2 heterocycles. The Balaban J connectivity index is 1.57. The number of carbonyl (C=O) groups excluding carboxylic acids is 2. The van der Waals surface area contributed by atoms with E-state index in [1.54, 1.807) is 6.08 Å². The summed E-state index contributed by atoms with van der Waals surface area (Å²) in [7, 11) is 1.20. The van der Waals surface area contributed by atoms with E-state index in [-0.39, 0.29) is 23.9 Å². The van der Waals surface area contributed by atoms with E-state index in [0.29, 0.717) is 11.3 Å². The standard InChI is InChI=1S/C19H16F3N3O6/c1-28-17(26)10-24-18(27)14-7-6-13(9-23-14)29-16-8-15(31-25-16)11-2-4-12(5-3-11)30-19(20,21)22/h2-9,15,25H,10H2,1H3,(H,24,27). The molecule has 0 saturated carbocycles. The van der Waals surface area contributed by atoms with Crippen molar-refractivity contribution in [2.45, 2.75) is 12.5 Å². The van der Waals surface area contributed by atoms with Gasteiger partial charge in [-0.25, -0.2) is 10.5 Å². The Labute approximate surface area is 173 Å². The Hall–Kier alpha value is -3.80. The molecule has 31 heavy (non-hydrogen) atoms. The minimum absolute atomic E-state index is 0.0694. The molecular formula is C19H16F3N3O6. The molecule has 1 aromatic heterocycles. The number of benzene rings is 1. The van der Waals surface area contributed by atoms with Crippen LogP contribution in [0.25, 0.3) is 0 Å². The van der Waals surface area contributed by atoms with Crippen LogP contribution in [0.3, 0.4) is 0 Å². The number of carbonyl (C=O) groups is 2. The van der Waals surface area contributed by atoms with Gasteiger partial charge in [0.2, 0.25) is 5.88 Å². The van der Waals surface area contributed by atoms with Gasteiger partial charge in [0.15, 0.2) is 0 Å². The summed E-state index contributed by atoms with van der Waals surface area (Å²) >= 11 is 0. The van der Waals surface area contributed by atoms with Crippen molar-refractivity contribution in [2.24, 2.45) is 0 Å². The van der Waals surface area contributed by atoms with Crippen molar-refractivity contribution in [2.75, 3.05) is 13.7 Å². The minimum atomic E-state index is -4.76. The van der Waals surface area contributed by atoms with E-state index < -0.39 is 24.3 Å². The third-order valence-electron chi connectivity index (χ3n) is 3.85. The topological polar surface area (TPSA) is 108 Å². The molecule has 0 bridgehead atoms. The van der Waals surface area contributed by atoms with Crippen molar-refractivity contribution >= 4 is 11.9 Å². The van der Waals surface area contributed by atoms with E-state index in [1.165, 1.54) is 49.7 Å². The number of aromatic nitrogens is 1. The van der Waals surface area contributed by atoms with Crippen LogP contribution >= 0.6 is 0 Å². The fraction of sp³-hybridized carbons (Fsp3) is 0.211. The van der Waals surface area contributed by atoms with Gasteiger partial charge in [0.25, 0.3) is 5.91 Å². The van der Waals surface area contributed by atoms with Crippen LogP contribution in [-0.4, -0.2) is 36.9 Å². The molecular weight excluding hydrogens is 423 g/mol. The molecule has 164 valence electrons. The SMILES string of the molecule is COC(=O)CNC(=O)c1ccc(OC2=CC(c3ccc(OC(F)(F)F)cc3)ON2)cn1. The molecule has 0 aliphatic carbocycles. The summed E-state index contributed by atoms with van der Waals surface area (Å²) in [5.74, 6) is -0.975. The quantitative estimate of drug-likeness (QED) is 0.634. The number of hydrogen-bond donors (Lipinski definition) is 2. The van der Waals surface area contributed by atoms with E-state index in [2.05, 4.69) is 25.3 Å². The highest BCUT2D eigenvalue weighted by Gasteiger charge is 2.31. The van der Waals surface area contributed by atoms with Crippen molar-refractivity contribution in [1.82, 2.24) is 15.8 Å². The first kappa shape index (κ1) is 21.9. The lowest BCUT2D eigenvalue weighted by atomic mass is 10.1. The lowest BCUT2D eigenvalue weighted by Gasteiger charge is -2.11. The van der Waals surface area contributed by atoms with E-state index in [9.17, 15) is 22.8 Å². The molecule has 0 fully saturated rings. The molecule has 0 spiro atoms. The zero-order valence-corrected chi connectivity index (χ0v) is 15.9. The molecule has 1 aliphatic rings. The number of halogens is 3. The van der Waals surface area contributed by atoms with Crippen LogP contribution in [-0.2, 0) is 14.4 Å². The van der Waals surface area contributed by atoms with Crippen LogP contribution in [0.5, 0.6) is 11.5 Å². The van der Waals surface area contributed by atoms with Gasteiger partial charge in [-0.2, -0.15) is 0 Å². The van der Waals surface area contributed by atoms with Crippen LogP contribution in [0.2, 0.25) is 0 Å². The molecule has 1 atom stereocenters. The van der Waals surface area contributed by atoms with Gasteiger partial charge in [-0.3, -0.25) is 14.4 Å². The average molecular weight is 439 g/mol. The first-order chi connectivity index (χ1) is 14.7. The Bertz CT molecular complexity index is 961. The van der Waals surface area contributed by atoms with Crippen LogP contribution < -0.4 is 20.3 Å². The number of hydrogen-bond acceptors (Lipinski definition) is 8. The molecule has 0 saturated heterocycles. The fourth-order valence-electron chi connectivity index (χ4n) is 2.42. The van der Waals surface area contributed by atoms with Crippen molar-refractivity contribution in [3.63, 3.8) is 0 Å². The number of nitrogens with zero attached hydrogens (tertiary/aromatic N) is 1. The third-order valence-corrected chi connectivity index (χ3v) is 3.85. The molecule has 3 rings (SSSR count). The average Bonchev–Trinajstić information content (AvgIpc) is 3.20. The van der Waals surface area contributed by atoms with Gasteiger partial charge >= 0.3 is 12.3 Å². The second kappa shape index (κ2) is 9.34. The minimum Gasteiger partial charge on any atom is -0.468 e. The number of esters is 1. The summed E-state index contributed by atoms with van der Waals surface area (Å²) in [5, 5.41) is 2.35. The first-order valence-corrected chi connectivity index (χ1v) is 8.71. The zero-order valence-electron chi connectivity index (χ0n) is 15.9. The summed E-state index contributed by atoms with van der Waals surface area (Å²) in [6.07, 6.45) is -2.51. The lowest BCUT2D eigenvalue weighted by molar-refractivity contribution is -0.274. The Morgan fingerprint density at radius 1 is 1.16 bits per heavy atom. The molecule has 2 aromatic rings. The summed E-state index contributed by atoms with van der Waals surface area (Å²) < 4.78 is 50.5. The maximum absolute atomic E-state index is 12.2. The highest BCUT2D eigenvalue weighted by atomic mass is 19.4. The summed E-state index contributed by atoms with van der Waals surface area (Å²) in [6.45, 7) is -0.284. The first-order valence-electron chi connectivity index (χ1n) is 8.71. The molecule has 2 N–H and O–H groups in total. The molecule has 1 amide bonds. The zero-order chi connectivity index (χ0) is 22.4. The van der Waals surface area contributed by atoms with E-state index in [0.717, 1.165) is 0 Å². The van der Waals surface area contributed by atoms with Crippen LogP contribution in [0.15, 0.2) is 54.6 Å². The number of nitrogens with one attached hydrogen (secondary N) is 2. The second-order valence-corrected chi connectivity index (χ2v) is 6.03. The maximum atomic E-state index is 12.2. The van der Waals surface area contributed by atoms with Gasteiger partial charge in [0.05, 0.1) is 13.3 Å². The number of rotatable bonds is 7. The predicted molar refractivity (Wildman–Crippen MR) is 97.4 cm³/mol. The smallest absolute Gasteiger partial charge is 0.468 e. The molecule has 12 heteroatoms. The maximum Gasteiger partial charge on any atom is 0.573 e. The van der Waals surface area contributed by atoms with Gasteiger partial charge in [-0.15, -0.1) is 13.2 Å². The third kappa shape index (κ3) is 6.34. The van der Waals surface area contributed by atoms with Crippen molar-refractivity contribution in [1.29, 1.82) is 0 Å². The largest absolute Gasteiger partial charge is 0.573 e. The molecule has 1 unspecified atom stereocenters. The van der Waals surface area contributed by atoms with Gasteiger partial charge in [0, 0.05) is 6.08 Å². The van der Waals surface area contributed by atoms with Gasteiger partial charge < -0.3 is 19.5 Å². The number of alkyl halides is 3. The summed E-state index contributed by atoms with van der Waals surface area (Å²) in [4.78, 5) is 32.2. The van der Waals surface area contributed by atoms with E-state index >= 15 is 0 Å². The van der Waals surface area contributed by atoms with Crippen LogP contribution in [0.1, 0.15) is 22.2 Å².